The summed E-state index contributed by atoms with van der Waals surface area (Å²) in [5.41, 5.74) is 3.70. The highest BCUT2D eigenvalue weighted by molar-refractivity contribution is 7.99. The summed E-state index contributed by atoms with van der Waals surface area (Å²) in [6.45, 7) is 5.83. The van der Waals surface area contributed by atoms with Crippen molar-refractivity contribution in [2.45, 2.75) is 25.9 Å². The predicted molar refractivity (Wildman–Crippen MR) is 89.7 cm³/mol. The molecule has 0 fully saturated rings. The fraction of sp³-hybridized carbons (Fsp3) is 0.267. The lowest BCUT2D eigenvalue weighted by molar-refractivity contribution is 0.102. The predicted octanol–water partition coefficient (Wildman–Crippen LogP) is 2.73. The second kappa shape index (κ2) is 6.33. The summed E-state index contributed by atoms with van der Waals surface area (Å²) in [5, 5.41) is 10.0. The molecule has 0 aliphatic rings. The Labute approximate surface area is 137 Å². The Kier molecular flexibility index (Phi) is 4.24. The molecule has 7 nitrogen and oxygen atoms in total. The van der Waals surface area contributed by atoms with E-state index in [0.29, 0.717) is 22.2 Å². The lowest BCUT2D eigenvalue weighted by Gasteiger charge is -2.05. The molecule has 0 unspecified atom stereocenters. The Balaban J connectivity index is 1.83. The molecule has 3 rings (SSSR count). The number of fused-ring (bicyclic) bond motifs is 1. The molecule has 2 N–H and O–H groups in total. The van der Waals surface area contributed by atoms with Crippen LogP contribution in [0, 0.1) is 13.8 Å². The van der Waals surface area contributed by atoms with Crippen molar-refractivity contribution in [2.75, 3.05) is 11.1 Å². The molecule has 0 saturated heterocycles. The highest BCUT2D eigenvalue weighted by atomic mass is 32.2. The first-order valence-electron chi connectivity index (χ1n) is 7.18. The van der Waals surface area contributed by atoms with Crippen molar-refractivity contribution in [2.24, 2.45) is 0 Å². The van der Waals surface area contributed by atoms with Gasteiger partial charge in [-0.15, -0.1) is 5.10 Å². The Bertz CT molecular complexity index is 876. The number of amides is 1. The van der Waals surface area contributed by atoms with E-state index in [1.165, 1.54) is 11.8 Å². The summed E-state index contributed by atoms with van der Waals surface area (Å²) < 4.78 is 0. The lowest BCUT2D eigenvalue weighted by Crippen LogP contribution is -2.13. The van der Waals surface area contributed by atoms with E-state index in [2.05, 4.69) is 30.5 Å². The van der Waals surface area contributed by atoms with Crippen LogP contribution in [0.3, 0.4) is 0 Å². The SMILES string of the molecule is CCSc1n[nH]c(NC(=O)c2ccc3nc(C)c(C)nc3c2)n1. The standard InChI is InChI=1S/C15H16N6OS/c1-4-23-15-19-14(20-21-15)18-13(22)10-5-6-11-12(7-10)17-9(3)8(2)16-11/h5-7H,4H2,1-3H3,(H2,18,19,20,21,22). The summed E-state index contributed by atoms with van der Waals surface area (Å²) in [6, 6.07) is 5.24. The number of benzene rings is 1. The van der Waals surface area contributed by atoms with Crippen LogP contribution in [0.5, 0.6) is 0 Å². The van der Waals surface area contributed by atoms with Gasteiger partial charge in [-0.25, -0.2) is 15.1 Å². The van der Waals surface area contributed by atoms with Crippen molar-refractivity contribution in [1.29, 1.82) is 0 Å². The third-order valence-corrected chi connectivity index (χ3v) is 4.04. The van der Waals surface area contributed by atoms with Crippen molar-refractivity contribution in [1.82, 2.24) is 25.1 Å². The molecule has 23 heavy (non-hydrogen) atoms. The second-order valence-electron chi connectivity index (χ2n) is 4.95. The largest absolute Gasteiger partial charge is 0.291 e. The first-order chi connectivity index (χ1) is 11.1. The number of H-pyrrole nitrogens is 1. The number of nitrogens with one attached hydrogen (secondary N) is 2. The van der Waals surface area contributed by atoms with Crippen molar-refractivity contribution in [3.05, 3.63) is 35.2 Å². The highest BCUT2D eigenvalue weighted by Gasteiger charge is 2.11. The van der Waals surface area contributed by atoms with Crippen LogP contribution in [0.4, 0.5) is 5.95 Å². The number of carbonyl (C=O) groups excluding carboxylic acids is 1. The minimum absolute atomic E-state index is 0.267. The molecule has 0 radical (unpaired) electrons. The first-order valence-corrected chi connectivity index (χ1v) is 8.17. The van der Waals surface area contributed by atoms with E-state index in [4.69, 9.17) is 0 Å². The highest BCUT2D eigenvalue weighted by Crippen LogP contribution is 2.16. The number of aromatic nitrogens is 5. The lowest BCUT2D eigenvalue weighted by atomic mass is 10.1. The molecular weight excluding hydrogens is 312 g/mol. The van der Waals surface area contributed by atoms with Gasteiger partial charge in [0.05, 0.1) is 22.4 Å². The summed E-state index contributed by atoms with van der Waals surface area (Å²) in [6.07, 6.45) is 0. The van der Waals surface area contributed by atoms with Crippen LogP contribution in [-0.4, -0.2) is 36.8 Å². The van der Waals surface area contributed by atoms with E-state index in [1.807, 2.05) is 20.8 Å². The zero-order valence-corrected chi connectivity index (χ0v) is 13.9. The Morgan fingerprint density at radius 1 is 1.17 bits per heavy atom. The van der Waals surface area contributed by atoms with Gasteiger partial charge in [0.2, 0.25) is 11.1 Å². The summed E-state index contributed by atoms with van der Waals surface area (Å²) in [7, 11) is 0. The van der Waals surface area contributed by atoms with E-state index in [-0.39, 0.29) is 5.91 Å². The summed E-state index contributed by atoms with van der Waals surface area (Å²) in [4.78, 5) is 25.4. The van der Waals surface area contributed by atoms with Crippen LogP contribution in [0.15, 0.2) is 23.4 Å². The maximum atomic E-state index is 12.3. The van der Waals surface area contributed by atoms with Gasteiger partial charge in [0.15, 0.2) is 0 Å². The molecule has 0 aliphatic carbocycles. The van der Waals surface area contributed by atoms with Gasteiger partial charge >= 0.3 is 0 Å². The van der Waals surface area contributed by atoms with Gasteiger partial charge in [-0.05, 0) is 37.8 Å². The van der Waals surface area contributed by atoms with E-state index in [9.17, 15) is 4.79 Å². The van der Waals surface area contributed by atoms with Crippen LogP contribution >= 0.6 is 11.8 Å². The maximum absolute atomic E-state index is 12.3. The summed E-state index contributed by atoms with van der Waals surface area (Å²) in [5.74, 6) is 0.932. The number of thioether (sulfide) groups is 1. The quantitative estimate of drug-likeness (QED) is 0.715. The number of hydrogen-bond donors (Lipinski definition) is 2. The van der Waals surface area contributed by atoms with Gasteiger partial charge < -0.3 is 0 Å². The van der Waals surface area contributed by atoms with Gasteiger partial charge in [-0.2, -0.15) is 4.98 Å². The Hall–Kier alpha value is -2.48. The number of rotatable bonds is 4. The number of carbonyl (C=O) groups is 1. The van der Waals surface area contributed by atoms with E-state index < -0.39 is 0 Å². The smallest absolute Gasteiger partial charge is 0.258 e. The molecule has 118 valence electrons. The molecule has 0 atom stereocenters. The van der Waals surface area contributed by atoms with Gasteiger partial charge in [0, 0.05) is 5.56 Å². The van der Waals surface area contributed by atoms with Crippen LogP contribution < -0.4 is 5.32 Å². The number of nitrogens with zero attached hydrogens (tertiary/aromatic N) is 4. The Morgan fingerprint density at radius 3 is 2.65 bits per heavy atom. The minimum atomic E-state index is -0.267. The van der Waals surface area contributed by atoms with Crippen molar-refractivity contribution in [3.63, 3.8) is 0 Å². The molecule has 2 aromatic heterocycles. The zero-order valence-electron chi connectivity index (χ0n) is 13.0. The molecule has 0 aliphatic heterocycles. The van der Waals surface area contributed by atoms with Crippen molar-refractivity contribution in [3.8, 4) is 0 Å². The van der Waals surface area contributed by atoms with E-state index >= 15 is 0 Å². The monoisotopic (exact) mass is 328 g/mol. The topological polar surface area (TPSA) is 96.5 Å². The van der Waals surface area contributed by atoms with E-state index in [0.717, 1.165) is 22.7 Å². The zero-order chi connectivity index (χ0) is 16.4. The molecule has 1 aromatic carbocycles. The molecule has 0 spiro atoms. The molecular formula is C15H16N6OS. The number of aryl methyl sites for hydroxylation is 2. The molecule has 1 amide bonds. The fourth-order valence-electron chi connectivity index (χ4n) is 2.05. The van der Waals surface area contributed by atoms with Crippen LogP contribution in [0.1, 0.15) is 28.7 Å². The molecule has 3 aromatic rings. The number of aromatic amines is 1. The van der Waals surface area contributed by atoms with Crippen LogP contribution in [-0.2, 0) is 0 Å². The Morgan fingerprint density at radius 2 is 1.91 bits per heavy atom. The average Bonchev–Trinajstić information content (AvgIpc) is 2.95. The maximum Gasteiger partial charge on any atom is 0.258 e. The minimum Gasteiger partial charge on any atom is -0.291 e. The van der Waals surface area contributed by atoms with Gasteiger partial charge in [0.25, 0.3) is 5.91 Å². The molecule has 0 bridgehead atoms. The van der Waals surface area contributed by atoms with Crippen molar-refractivity contribution >= 4 is 34.7 Å². The van der Waals surface area contributed by atoms with Gasteiger partial charge in [0.1, 0.15) is 0 Å². The second-order valence-corrected chi connectivity index (χ2v) is 6.18. The van der Waals surface area contributed by atoms with Crippen LogP contribution in [0.25, 0.3) is 11.0 Å². The normalized spacial score (nSPS) is 10.9. The van der Waals surface area contributed by atoms with Crippen LogP contribution in [0.2, 0.25) is 0 Å². The van der Waals surface area contributed by atoms with Crippen molar-refractivity contribution < 1.29 is 4.79 Å². The third-order valence-electron chi connectivity index (χ3n) is 3.31. The van der Waals surface area contributed by atoms with Gasteiger partial charge in [-0.3, -0.25) is 10.1 Å². The number of hydrogen-bond acceptors (Lipinski definition) is 6. The fourth-order valence-corrected chi connectivity index (χ4v) is 2.57. The third kappa shape index (κ3) is 3.31. The molecule has 2 heterocycles. The average molecular weight is 328 g/mol. The molecule has 8 heteroatoms. The van der Waals surface area contributed by atoms with Gasteiger partial charge in [-0.1, -0.05) is 18.7 Å². The van der Waals surface area contributed by atoms with E-state index in [1.54, 1.807) is 18.2 Å². The molecule has 0 saturated carbocycles. The summed E-state index contributed by atoms with van der Waals surface area (Å²) >= 11 is 1.50. The number of anilines is 1. The first kappa shape index (κ1) is 15.4.